The minimum Gasteiger partial charge on any atom is -0.494 e. The average molecular weight is 437 g/mol. The molecule has 3 aromatic carbocycles. The van der Waals surface area contributed by atoms with Crippen LogP contribution >= 0.6 is 0 Å². The first-order chi connectivity index (χ1) is 15.0. The molecule has 6 nitrogen and oxygen atoms in total. The third-order valence-electron chi connectivity index (χ3n) is 5.16. The second kappa shape index (κ2) is 8.81. The van der Waals surface area contributed by atoms with Gasteiger partial charge in [-0.25, -0.2) is 8.42 Å². The number of carbonyl (C=O) groups excluding carboxylic acids is 1. The van der Waals surface area contributed by atoms with Gasteiger partial charge in [-0.05, 0) is 73.9 Å². The Labute approximate surface area is 182 Å². The van der Waals surface area contributed by atoms with Gasteiger partial charge in [-0.3, -0.25) is 9.52 Å². The third kappa shape index (κ3) is 4.56. The highest BCUT2D eigenvalue weighted by atomic mass is 32.2. The molecule has 0 atom stereocenters. The number of hydrogen-bond acceptors (Lipinski definition) is 4. The Morgan fingerprint density at radius 3 is 2.58 bits per heavy atom. The summed E-state index contributed by atoms with van der Waals surface area (Å²) >= 11 is 0. The summed E-state index contributed by atoms with van der Waals surface area (Å²) in [6.07, 6.45) is 1.81. The standard InChI is InChI=1S/C24H24N2O4S/c1-2-30-21-14-12-20(13-15-21)25-31(28,29)22-10-5-8-19(17-22)24(27)26-16-6-9-18-7-3-4-11-23(18)26/h3-5,7-8,10-15,17,25H,2,6,9,16H2,1H3. The van der Waals surface area contributed by atoms with Gasteiger partial charge in [0.1, 0.15) is 5.75 Å². The van der Waals surface area contributed by atoms with Crippen LogP contribution in [-0.4, -0.2) is 27.5 Å². The molecule has 0 bridgehead atoms. The van der Waals surface area contributed by atoms with Crippen LogP contribution in [0.15, 0.2) is 77.7 Å². The smallest absolute Gasteiger partial charge is 0.261 e. The largest absolute Gasteiger partial charge is 0.494 e. The molecule has 3 aromatic rings. The molecule has 7 heteroatoms. The maximum atomic E-state index is 13.2. The molecule has 0 aliphatic carbocycles. The highest BCUT2D eigenvalue weighted by Crippen LogP contribution is 2.28. The summed E-state index contributed by atoms with van der Waals surface area (Å²) in [5.74, 6) is 0.463. The molecule has 1 aliphatic rings. The summed E-state index contributed by atoms with van der Waals surface area (Å²) in [4.78, 5) is 15.0. The number of ether oxygens (including phenoxy) is 1. The minimum atomic E-state index is -3.85. The van der Waals surface area contributed by atoms with Crippen LogP contribution in [-0.2, 0) is 16.4 Å². The van der Waals surface area contributed by atoms with E-state index < -0.39 is 10.0 Å². The molecule has 0 saturated carbocycles. The Hall–Kier alpha value is -3.32. The monoisotopic (exact) mass is 436 g/mol. The SMILES string of the molecule is CCOc1ccc(NS(=O)(=O)c2cccc(C(=O)N3CCCc4ccccc43)c2)cc1. The molecule has 4 rings (SSSR count). The Kier molecular flexibility index (Phi) is 5.95. The van der Waals surface area contributed by atoms with Crippen molar-refractivity contribution in [3.8, 4) is 5.75 Å². The van der Waals surface area contributed by atoms with Crippen LogP contribution in [0.25, 0.3) is 0 Å². The van der Waals surface area contributed by atoms with Crippen LogP contribution in [0, 0.1) is 0 Å². The number of amides is 1. The second-order valence-electron chi connectivity index (χ2n) is 7.28. The average Bonchev–Trinajstić information content (AvgIpc) is 2.79. The van der Waals surface area contributed by atoms with E-state index in [0.717, 1.165) is 24.1 Å². The summed E-state index contributed by atoms with van der Waals surface area (Å²) in [6, 6.07) is 20.7. The minimum absolute atomic E-state index is 0.0394. The Balaban J connectivity index is 1.57. The number of hydrogen-bond donors (Lipinski definition) is 1. The van der Waals surface area contributed by atoms with Gasteiger partial charge < -0.3 is 9.64 Å². The first-order valence-electron chi connectivity index (χ1n) is 10.2. The number of nitrogens with zero attached hydrogens (tertiary/aromatic N) is 1. The van der Waals surface area contributed by atoms with Crippen LogP contribution in [0.4, 0.5) is 11.4 Å². The molecule has 1 aliphatic heterocycles. The summed E-state index contributed by atoms with van der Waals surface area (Å²) in [5.41, 5.74) is 2.78. The number of anilines is 2. The highest BCUT2D eigenvalue weighted by Gasteiger charge is 2.24. The van der Waals surface area contributed by atoms with Crippen molar-refractivity contribution in [3.63, 3.8) is 0 Å². The lowest BCUT2D eigenvalue weighted by atomic mass is 10.0. The molecule has 1 N–H and O–H groups in total. The van der Waals surface area contributed by atoms with E-state index in [2.05, 4.69) is 4.72 Å². The maximum absolute atomic E-state index is 13.2. The molecular weight excluding hydrogens is 412 g/mol. The number of fused-ring (bicyclic) bond motifs is 1. The van der Waals surface area contributed by atoms with Crippen LogP contribution in [0.2, 0.25) is 0 Å². The maximum Gasteiger partial charge on any atom is 0.261 e. The lowest BCUT2D eigenvalue weighted by Crippen LogP contribution is -2.35. The highest BCUT2D eigenvalue weighted by molar-refractivity contribution is 7.92. The van der Waals surface area contributed by atoms with Gasteiger partial charge in [0.05, 0.1) is 11.5 Å². The molecule has 0 radical (unpaired) electrons. The first kappa shape index (κ1) is 20.9. The quantitative estimate of drug-likeness (QED) is 0.618. The van der Waals surface area contributed by atoms with Gasteiger partial charge in [-0.1, -0.05) is 24.3 Å². The number of carbonyl (C=O) groups is 1. The van der Waals surface area contributed by atoms with E-state index >= 15 is 0 Å². The van der Waals surface area contributed by atoms with Gasteiger partial charge in [0.25, 0.3) is 15.9 Å². The van der Waals surface area contributed by atoms with E-state index in [9.17, 15) is 13.2 Å². The zero-order chi connectivity index (χ0) is 21.8. The predicted molar refractivity (Wildman–Crippen MR) is 121 cm³/mol. The topological polar surface area (TPSA) is 75.7 Å². The number of sulfonamides is 1. The van der Waals surface area contributed by atoms with Crippen molar-refractivity contribution in [1.29, 1.82) is 0 Å². The summed E-state index contributed by atoms with van der Waals surface area (Å²) in [7, 11) is -3.85. The van der Waals surface area contributed by atoms with Crippen molar-refractivity contribution in [2.24, 2.45) is 0 Å². The summed E-state index contributed by atoms with van der Waals surface area (Å²) in [5, 5.41) is 0. The van der Waals surface area contributed by atoms with Crippen molar-refractivity contribution in [2.45, 2.75) is 24.7 Å². The molecule has 0 unspecified atom stereocenters. The predicted octanol–water partition coefficient (Wildman–Crippen LogP) is 4.48. The molecule has 0 spiro atoms. The van der Waals surface area contributed by atoms with Gasteiger partial charge in [0.2, 0.25) is 0 Å². The van der Waals surface area contributed by atoms with E-state index in [0.29, 0.717) is 30.2 Å². The molecule has 160 valence electrons. The van der Waals surface area contributed by atoms with Gasteiger partial charge in [0.15, 0.2) is 0 Å². The van der Waals surface area contributed by atoms with Crippen molar-refractivity contribution in [2.75, 3.05) is 22.8 Å². The van der Waals surface area contributed by atoms with E-state index in [-0.39, 0.29) is 10.8 Å². The summed E-state index contributed by atoms with van der Waals surface area (Å²) in [6.45, 7) is 3.03. The normalized spacial score (nSPS) is 13.4. The molecule has 0 saturated heterocycles. The molecule has 0 aromatic heterocycles. The first-order valence-corrected chi connectivity index (χ1v) is 11.7. The lowest BCUT2D eigenvalue weighted by Gasteiger charge is -2.29. The zero-order valence-corrected chi connectivity index (χ0v) is 18.1. The Morgan fingerprint density at radius 1 is 1.03 bits per heavy atom. The van der Waals surface area contributed by atoms with Gasteiger partial charge in [0, 0.05) is 23.5 Å². The molecule has 0 fully saturated rings. The fourth-order valence-corrected chi connectivity index (χ4v) is 4.80. The molecular formula is C24H24N2O4S. The van der Waals surface area contributed by atoms with E-state index in [4.69, 9.17) is 4.74 Å². The zero-order valence-electron chi connectivity index (χ0n) is 17.2. The molecule has 31 heavy (non-hydrogen) atoms. The van der Waals surface area contributed by atoms with Gasteiger partial charge >= 0.3 is 0 Å². The Bertz CT molecular complexity index is 1190. The van der Waals surface area contributed by atoms with Gasteiger partial charge in [-0.2, -0.15) is 0 Å². The van der Waals surface area contributed by atoms with E-state index in [1.165, 1.54) is 12.1 Å². The fourth-order valence-electron chi connectivity index (χ4n) is 3.70. The van der Waals surface area contributed by atoms with Crippen LogP contribution < -0.4 is 14.4 Å². The second-order valence-corrected chi connectivity index (χ2v) is 8.96. The van der Waals surface area contributed by atoms with E-state index in [1.54, 1.807) is 41.3 Å². The third-order valence-corrected chi connectivity index (χ3v) is 6.54. The van der Waals surface area contributed by atoms with Crippen LogP contribution in [0.5, 0.6) is 5.75 Å². The number of para-hydroxylation sites is 1. The number of aryl methyl sites for hydroxylation is 1. The van der Waals surface area contributed by atoms with Gasteiger partial charge in [-0.15, -0.1) is 0 Å². The number of benzene rings is 3. The van der Waals surface area contributed by atoms with Crippen LogP contribution in [0.3, 0.4) is 0 Å². The van der Waals surface area contributed by atoms with E-state index in [1.807, 2.05) is 31.2 Å². The number of nitrogens with one attached hydrogen (secondary N) is 1. The van der Waals surface area contributed by atoms with Crippen molar-refractivity contribution < 1.29 is 17.9 Å². The lowest BCUT2D eigenvalue weighted by molar-refractivity contribution is 0.0985. The van der Waals surface area contributed by atoms with Crippen molar-refractivity contribution in [1.82, 2.24) is 0 Å². The Morgan fingerprint density at radius 2 is 1.81 bits per heavy atom. The van der Waals surface area contributed by atoms with Crippen LogP contribution in [0.1, 0.15) is 29.3 Å². The summed E-state index contributed by atoms with van der Waals surface area (Å²) < 4.78 is 33.7. The molecule has 1 amide bonds. The number of rotatable bonds is 6. The fraction of sp³-hybridized carbons (Fsp3) is 0.208. The van der Waals surface area contributed by atoms with Crippen molar-refractivity contribution >= 4 is 27.3 Å². The van der Waals surface area contributed by atoms with Crippen molar-refractivity contribution in [3.05, 3.63) is 83.9 Å². The molecule has 1 heterocycles.